The monoisotopic (exact) mass is 425 g/mol. The van der Waals surface area contributed by atoms with E-state index in [9.17, 15) is 10.1 Å². The van der Waals surface area contributed by atoms with Crippen molar-refractivity contribution >= 4 is 5.69 Å². The van der Waals surface area contributed by atoms with Crippen LogP contribution in [0.15, 0.2) is 51.6 Å². The quantitative estimate of drug-likeness (QED) is 0.305. The molecule has 0 amide bonds. The molecule has 1 aliphatic rings. The van der Waals surface area contributed by atoms with Gasteiger partial charge in [0.1, 0.15) is 30.5 Å². The molecule has 0 unspecified atom stereocenters. The van der Waals surface area contributed by atoms with Crippen LogP contribution in [0.4, 0.5) is 5.69 Å². The van der Waals surface area contributed by atoms with E-state index in [4.69, 9.17) is 23.0 Å². The molecule has 0 atom stereocenters. The number of nitro groups is 1. The summed E-state index contributed by atoms with van der Waals surface area (Å²) < 4.78 is 29.1. The van der Waals surface area contributed by atoms with Gasteiger partial charge >= 0.3 is 5.69 Å². The van der Waals surface area contributed by atoms with Crippen LogP contribution >= 0.6 is 0 Å². The van der Waals surface area contributed by atoms with Gasteiger partial charge in [-0.05, 0) is 24.3 Å². The Labute approximate surface area is 174 Å². The summed E-state index contributed by atoms with van der Waals surface area (Å²) in [5.41, 5.74) is -0.0719. The molecule has 0 fully saturated rings. The van der Waals surface area contributed by atoms with E-state index in [1.54, 1.807) is 30.3 Å². The average molecular weight is 425 g/mol. The molecule has 12 nitrogen and oxygen atoms in total. The molecule has 4 heterocycles. The number of fused-ring (bicyclic) bond motifs is 1. The molecule has 0 aliphatic carbocycles. The van der Waals surface area contributed by atoms with Crippen molar-refractivity contribution in [3.8, 4) is 28.9 Å². The highest BCUT2D eigenvalue weighted by atomic mass is 16.7. The van der Waals surface area contributed by atoms with Gasteiger partial charge in [0.15, 0.2) is 17.3 Å². The topological polar surface area (TPSA) is 141 Å². The second-order valence-electron chi connectivity index (χ2n) is 6.54. The van der Waals surface area contributed by atoms with E-state index in [0.717, 1.165) is 0 Å². The van der Waals surface area contributed by atoms with Gasteiger partial charge in [-0.2, -0.15) is 5.10 Å². The van der Waals surface area contributed by atoms with Gasteiger partial charge in [0, 0.05) is 19.0 Å². The van der Waals surface area contributed by atoms with Crippen LogP contribution in [0.2, 0.25) is 0 Å². The van der Waals surface area contributed by atoms with E-state index >= 15 is 0 Å². The number of ether oxygens (including phenoxy) is 3. The lowest BCUT2D eigenvalue weighted by atomic mass is 10.3. The van der Waals surface area contributed by atoms with E-state index in [1.807, 2.05) is 0 Å². The van der Waals surface area contributed by atoms with Gasteiger partial charge in [0.25, 0.3) is 5.89 Å². The fourth-order valence-electron chi connectivity index (χ4n) is 2.93. The Hall–Kier alpha value is -4.35. The van der Waals surface area contributed by atoms with Crippen molar-refractivity contribution in [3.63, 3.8) is 0 Å². The second-order valence-corrected chi connectivity index (χ2v) is 6.54. The van der Waals surface area contributed by atoms with Crippen molar-refractivity contribution in [3.05, 3.63) is 64.5 Å². The molecule has 0 saturated heterocycles. The Balaban J connectivity index is 1.18. The number of hydrogen-bond donors (Lipinski definition) is 0. The predicted molar refractivity (Wildman–Crippen MR) is 101 cm³/mol. The minimum Gasteiger partial charge on any atom is -0.486 e. The van der Waals surface area contributed by atoms with E-state index < -0.39 is 4.92 Å². The summed E-state index contributed by atoms with van der Waals surface area (Å²) in [6, 6.07) is 8.80. The van der Waals surface area contributed by atoms with E-state index in [1.165, 1.54) is 17.1 Å². The van der Waals surface area contributed by atoms with Crippen molar-refractivity contribution in [2.24, 2.45) is 0 Å². The average Bonchev–Trinajstić information content (AvgIpc) is 3.56. The number of furan rings is 1. The molecule has 0 saturated carbocycles. The number of nitrogens with zero attached hydrogens (tertiary/aromatic N) is 5. The molecule has 31 heavy (non-hydrogen) atoms. The largest absolute Gasteiger partial charge is 0.486 e. The summed E-state index contributed by atoms with van der Waals surface area (Å²) in [5.74, 6) is 3.54. The zero-order valence-electron chi connectivity index (χ0n) is 16.0. The first-order valence-electron chi connectivity index (χ1n) is 9.25. The minimum atomic E-state index is -0.501. The van der Waals surface area contributed by atoms with Gasteiger partial charge in [0.2, 0.25) is 12.7 Å². The maximum Gasteiger partial charge on any atom is 0.306 e. The van der Waals surface area contributed by atoms with Crippen LogP contribution in [0, 0.1) is 10.1 Å². The van der Waals surface area contributed by atoms with Gasteiger partial charge in [-0.25, -0.2) is 0 Å². The second kappa shape index (κ2) is 7.82. The Kier molecular flexibility index (Phi) is 4.71. The van der Waals surface area contributed by atoms with E-state index in [-0.39, 0.29) is 25.0 Å². The number of aryl methyl sites for hydroxylation is 2. The van der Waals surface area contributed by atoms with Crippen LogP contribution in [0.5, 0.6) is 17.2 Å². The highest BCUT2D eigenvalue weighted by Gasteiger charge is 2.16. The van der Waals surface area contributed by atoms with Crippen LogP contribution in [0.3, 0.4) is 0 Å². The molecule has 5 rings (SSSR count). The zero-order valence-corrected chi connectivity index (χ0v) is 16.0. The lowest BCUT2D eigenvalue weighted by molar-refractivity contribution is -0.385. The fraction of sp³-hybridized carbons (Fsp3) is 0.211. The Morgan fingerprint density at radius 3 is 2.90 bits per heavy atom. The Bertz CT molecular complexity index is 1230. The highest BCUT2D eigenvalue weighted by Crippen LogP contribution is 2.35. The van der Waals surface area contributed by atoms with Crippen LogP contribution in [-0.4, -0.2) is 31.7 Å². The number of benzene rings is 1. The molecule has 1 aliphatic heterocycles. The predicted octanol–water partition coefficient (Wildman–Crippen LogP) is 2.98. The van der Waals surface area contributed by atoms with Gasteiger partial charge < -0.3 is 23.0 Å². The van der Waals surface area contributed by atoms with Gasteiger partial charge in [-0.1, -0.05) is 0 Å². The third-order valence-electron chi connectivity index (χ3n) is 4.45. The van der Waals surface area contributed by atoms with Gasteiger partial charge in [-0.15, -0.1) is 10.2 Å². The molecule has 12 heteroatoms. The normalized spacial score (nSPS) is 12.3. The molecule has 3 aromatic heterocycles. The molecule has 4 aromatic rings. The lowest BCUT2D eigenvalue weighted by Crippen LogP contribution is -2.01. The third-order valence-corrected chi connectivity index (χ3v) is 4.45. The lowest BCUT2D eigenvalue weighted by Gasteiger charge is -2.04. The fourth-order valence-corrected chi connectivity index (χ4v) is 2.93. The highest BCUT2D eigenvalue weighted by molar-refractivity contribution is 5.47. The molecule has 158 valence electrons. The first kappa shape index (κ1) is 18.7. The van der Waals surface area contributed by atoms with Gasteiger partial charge in [-0.3, -0.25) is 14.8 Å². The molecular formula is C19H15N5O7. The van der Waals surface area contributed by atoms with Crippen LogP contribution in [0.25, 0.3) is 11.7 Å². The zero-order chi connectivity index (χ0) is 21.2. The summed E-state index contributed by atoms with van der Waals surface area (Å²) in [7, 11) is 0. The first-order chi connectivity index (χ1) is 15.1. The smallest absolute Gasteiger partial charge is 0.306 e. The molecular weight excluding hydrogens is 410 g/mol. The Morgan fingerprint density at radius 1 is 1.13 bits per heavy atom. The minimum absolute atomic E-state index is 0.0719. The van der Waals surface area contributed by atoms with Crippen molar-refractivity contribution < 1.29 is 28.0 Å². The molecule has 0 spiro atoms. The number of hydrogen-bond acceptors (Lipinski definition) is 10. The number of rotatable bonds is 8. The molecule has 0 radical (unpaired) electrons. The first-order valence-corrected chi connectivity index (χ1v) is 9.25. The Morgan fingerprint density at radius 2 is 2.03 bits per heavy atom. The van der Waals surface area contributed by atoms with Crippen molar-refractivity contribution in [1.82, 2.24) is 20.0 Å². The van der Waals surface area contributed by atoms with Crippen molar-refractivity contribution in [1.29, 1.82) is 0 Å². The maximum absolute atomic E-state index is 10.7. The molecule has 0 N–H and O–H groups in total. The summed E-state index contributed by atoms with van der Waals surface area (Å²) in [4.78, 5) is 10.2. The van der Waals surface area contributed by atoms with Crippen molar-refractivity contribution in [2.45, 2.75) is 19.6 Å². The third kappa shape index (κ3) is 4.03. The van der Waals surface area contributed by atoms with Gasteiger partial charge in [0.05, 0.1) is 4.92 Å². The summed E-state index contributed by atoms with van der Waals surface area (Å²) in [5, 5.41) is 22.6. The van der Waals surface area contributed by atoms with Crippen LogP contribution < -0.4 is 14.2 Å². The van der Waals surface area contributed by atoms with E-state index in [0.29, 0.717) is 47.6 Å². The summed E-state index contributed by atoms with van der Waals surface area (Å²) >= 11 is 0. The molecule has 0 bridgehead atoms. The van der Waals surface area contributed by atoms with Crippen LogP contribution in [-0.2, 0) is 19.6 Å². The van der Waals surface area contributed by atoms with E-state index in [2.05, 4.69) is 15.3 Å². The molecule has 1 aromatic carbocycles. The number of aromatic nitrogens is 4. The van der Waals surface area contributed by atoms with Crippen LogP contribution in [0.1, 0.15) is 11.7 Å². The summed E-state index contributed by atoms with van der Waals surface area (Å²) in [6.07, 6.45) is 2.90. The standard InChI is InChI=1S/C19H15N5O7/c25-24(26)12-8-20-23(9-12)6-5-18-21-22-19(31-18)16-4-2-14(30-16)10-27-13-1-3-15-17(7-13)29-11-28-15/h1-4,7-9H,5-6,10-11H2. The maximum atomic E-state index is 10.7. The SMILES string of the molecule is O=[N+]([O-])c1cnn(CCc2nnc(-c3ccc(COc4ccc5c(c4)OCO5)o3)o2)c1. The van der Waals surface area contributed by atoms with Crippen molar-refractivity contribution in [2.75, 3.05) is 6.79 Å². The summed E-state index contributed by atoms with van der Waals surface area (Å²) in [6.45, 7) is 0.773.